The summed E-state index contributed by atoms with van der Waals surface area (Å²) in [6.07, 6.45) is -5.29. The molecule has 0 aromatic carbocycles. The van der Waals surface area contributed by atoms with Crippen LogP contribution in [-0.2, 0) is 21.7 Å². The van der Waals surface area contributed by atoms with Gasteiger partial charge in [0.15, 0.2) is 0 Å². The number of nitrogens with one attached hydrogen (secondary N) is 3. The minimum Gasteiger partial charge on any atom is -0.331 e. The zero-order valence-electron chi connectivity index (χ0n) is 13.0. The number of carbonyl (C=O) groups is 2. The molecule has 0 saturated heterocycles. The van der Waals surface area contributed by atoms with Gasteiger partial charge in [0.1, 0.15) is 11.4 Å². The largest absolute Gasteiger partial charge is 0.425 e. The molecule has 0 radical (unpaired) electrons. The highest BCUT2D eigenvalue weighted by Gasteiger charge is 2.68. The first-order valence-electron chi connectivity index (χ1n) is 6.96. The highest BCUT2D eigenvalue weighted by molar-refractivity contribution is 6.07. The van der Waals surface area contributed by atoms with E-state index in [1.807, 2.05) is 5.32 Å². The molecule has 1 atom stereocenters. The number of aromatic nitrogens is 2. The Morgan fingerprint density at radius 2 is 1.88 bits per heavy atom. The van der Waals surface area contributed by atoms with Crippen molar-refractivity contribution in [1.82, 2.24) is 14.9 Å². The molecule has 8 nitrogen and oxygen atoms in total. The van der Waals surface area contributed by atoms with Crippen LogP contribution in [0.25, 0.3) is 0 Å². The highest BCUT2D eigenvalue weighted by Crippen LogP contribution is 2.44. The smallest absolute Gasteiger partial charge is 0.331 e. The lowest BCUT2D eigenvalue weighted by molar-refractivity contribution is -0.200. The van der Waals surface area contributed by atoms with Gasteiger partial charge in [0.25, 0.3) is 11.5 Å². The summed E-state index contributed by atoms with van der Waals surface area (Å²) in [5.74, 6) is -3.52. The molecule has 1 aliphatic heterocycles. The van der Waals surface area contributed by atoms with E-state index in [2.05, 4.69) is 0 Å². The summed E-state index contributed by atoms with van der Waals surface area (Å²) in [5, 5.41) is 3.46. The van der Waals surface area contributed by atoms with Crippen LogP contribution in [0.15, 0.2) is 9.59 Å². The lowest BCUT2D eigenvalue weighted by atomic mass is 9.92. The van der Waals surface area contributed by atoms with Gasteiger partial charge in [-0.2, -0.15) is 13.2 Å². The quantitative estimate of drug-likeness (QED) is 0.716. The first-order valence-corrected chi connectivity index (χ1v) is 6.96. The number of amides is 2. The lowest BCUT2D eigenvalue weighted by Crippen LogP contribution is -2.61. The lowest BCUT2D eigenvalue weighted by Gasteiger charge is -2.29. The Bertz CT molecular complexity index is 824. The molecule has 1 aromatic rings. The monoisotopic (exact) mass is 348 g/mol. The maximum absolute atomic E-state index is 13.7. The van der Waals surface area contributed by atoms with Gasteiger partial charge in [-0.25, -0.2) is 4.79 Å². The Labute approximate surface area is 133 Å². The SMILES string of the molecule is CC(=O)N[C@@]1(C(F)(F)F)C(=O)Nc2c1c(=O)[nH]c(=O)n2CC(C)C. The predicted molar refractivity (Wildman–Crippen MR) is 76.3 cm³/mol. The molecule has 2 amide bonds. The summed E-state index contributed by atoms with van der Waals surface area (Å²) in [5.41, 5.74) is -6.93. The van der Waals surface area contributed by atoms with E-state index in [9.17, 15) is 32.3 Å². The molecule has 0 fully saturated rings. The molecule has 1 aliphatic rings. The molecule has 2 heterocycles. The summed E-state index contributed by atoms with van der Waals surface area (Å²) < 4.78 is 41.8. The third-order valence-corrected chi connectivity index (χ3v) is 3.48. The van der Waals surface area contributed by atoms with E-state index in [0.29, 0.717) is 0 Å². The zero-order valence-corrected chi connectivity index (χ0v) is 13.0. The zero-order chi connectivity index (χ0) is 18.4. The highest BCUT2D eigenvalue weighted by atomic mass is 19.4. The molecular weight excluding hydrogens is 333 g/mol. The second-order valence-corrected chi connectivity index (χ2v) is 5.87. The second kappa shape index (κ2) is 5.49. The van der Waals surface area contributed by atoms with E-state index in [4.69, 9.17) is 0 Å². The van der Waals surface area contributed by atoms with Gasteiger partial charge in [0.2, 0.25) is 11.4 Å². The number of hydrogen-bond donors (Lipinski definition) is 3. The number of nitrogens with zero attached hydrogens (tertiary/aromatic N) is 1. The average Bonchev–Trinajstić information content (AvgIpc) is 2.68. The van der Waals surface area contributed by atoms with Gasteiger partial charge >= 0.3 is 11.9 Å². The number of fused-ring (bicyclic) bond motifs is 1. The summed E-state index contributed by atoms with van der Waals surface area (Å²) in [4.78, 5) is 49.1. The van der Waals surface area contributed by atoms with Gasteiger partial charge < -0.3 is 10.6 Å². The van der Waals surface area contributed by atoms with Gasteiger partial charge in [-0.3, -0.25) is 23.9 Å². The normalized spacial score (nSPS) is 20.0. The number of anilines is 1. The molecule has 132 valence electrons. The van der Waals surface area contributed by atoms with Crippen LogP contribution in [-0.4, -0.2) is 27.5 Å². The molecule has 0 unspecified atom stereocenters. The number of hydrogen-bond acceptors (Lipinski definition) is 4. The van der Waals surface area contributed by atoms with Crippen molar-refractivity contribution in [1.29, 1.82) is 0 Å². The van der Waals surface area contributed by atoms with Crippen molar-refractivity contribution in [2.45, 2.75) is 39.0 Å². The molecule has 0 bridgehead atoms. The molecule has 0 saturated carbocycles. The molecule has 0 spiro atoms. The number of aromatic amines is 1. The van der Waals surface area contributed by atoms with Crippen LogP contribution >= 0.6 is 0 Å². The topological polar surface area (TPSA) is 113 Å². The summed E-state index contributed by atoms with van der Waals surface area (Å²) in [6.45, 7) is 4.15. The summed E-state index contributed by atoms with van der Waals surface area (Å²) in [7, 11) is 0. The van der Waals surface area contributed by atoms with Gasteiger partial charge in [-0.05, 0) is 5.92 Å². The Kier molecular flexibility index (Phi) is 4.07. The van der Waals surface area contributed by atoms with Crippen molar-refractivity contribution in [2.24, 2.45) is 5.92 Å². The standard InChI is InChI=1S/C13H15F3N4O4/c1-5(2)4-20-8-7(9(22)18-11(20)24)12(10(23)17-8,13(14,15)16)19-6(3)21/h5H,4H2,1-3H3,(H,17,23)(H,19,21)(H,18,22,24)/t12-/m1/s1. The van der Waals surface area contributed by atoms with E-state index < -0.39 is 46.2 Å². The first kappa shape index (κ1) is 17.8. The van der Waals surface area contributed by atoms with Crippen LogP contribution in [0.2, 0.25) is 0 Å². The van der Waals surface area contributed by atoms with Crippen LogP contribution in [0.3, 0.4) is 0 Å². The van der Waals surface area contributed by atoms with Crippen molar-refractivity contribution in [3.8, 4) is 0 Å². The molecule has 24 heavy (non-hydrogen) atoms. The maximum Gasteiger partial charge on any atom is 0.425 e. The molecule has 11 heteroatoms. The predicted octanol–water partition coefficient (Wildman–Crippen LogP) is 0.0384. The van der Waals surface area contributed by atoms with Crippen molar-refractivity contribution >= 4 is 17.6 Å². The van der Waals surface area contributed by atoms with Crippen LogP contribution in [0, 0.1) is 5.92 Å². The Morgan fingerprint density at radius 3 is 2.33 bits per heavy atom. The van der Waals surface area contributed by atoms with Gasteiger partial charge in [-0.15, -0.1) is 0 Å². The third-order valence-electron chi connectivity index (χ3n) is 3.48. The molecule has 0 aliphatic carbocycles. The Hall–Kier alpha value is -2.59. The van der Waals surface area contributed by atoms with Crippen LogP contribution < -0.4 is 21.9 Å². The molecule has 3 N–H and O–H groups in total. The van der Waals surface area contributed by atoms with E-state index in [1.54, 1.807) is 18.8 Å². The minimum atomic E-state index is -5.29. The Balaban J connectivity index is 2.88. The third kappa shape index (κ3) is 2.49. The summed E-state index contributed by atoms with van der Waals surface area (Å²) >= 11 is 0. The maximum atomic E-state index is 13.7. The number of H-pyrrole nitrogens is 1. The fourth-order valence-corrected chi connectivity index (χ4v) is 2.63. The van der Waals surface area contributed by atoms with Crippen LogP contribution in [0.4, 0.5) is 19.0 Å². The van der Waals surface area contributed by atoms with Crippen molar-refractivity contribution in [2.75, 3.05) is 5.32 Å². The molecule has 2 rings (SSSR count). The Morgan fingerprint density at radius 1 is 1.29 bits per heavy atom. The van der Waals surface area contributed by atoms with E-state index >= 15 is 0 Å². The van der Waals surface area contributed by atoms with Crippen LogP contribution in [0.1, 0.15) is 26.3 Å². The van der Waals surface area contributed by atoms with Crippen LogP contribution in [0.5, 0.6) is 0 Å². The fourth-order valence-electron chi connectivity index (χ4n) is 2.63. The van der Waals surface area contributed by atoms with E-state index in [1.165, 1.54) is 5.32 Å². The average molecular weight is 348 g/mol. The minimum absolute atomic E-state index is 0.0355. The van der Waals surface area contributed by atoms with E-state index in [0.717, 1.165) is 11.5 Å². The summed E-state index contributed by atoms with van der Waals surface area (Å²) in [6, 6.07) is 0. The molecule has 1 aromatic heterocycles. The van der Waals surface area contributed by atoms with Gasteiger partial charge in [-0.1, -0.05) is 13.8 Å². The van der Waals surface area contributed by atoms with Crippen molar-refractivity contribution in [3.63, 3.8) is 0 Å². The molecular formula is C13H15F3N4O4. The van der Waals surface area contributed by atoms with Crippen molar-refractivity contribution < 1.29 is 22.8 Å². The number of halogens is 3. The van der Waals surface area contributed by atoms with E-state index in [-0.39, 0.29) is 12.5 Å². The van der Waals surface area contributed by atoms with Gasteiger partial charge in [0.05, 0.1) is 0 Å². The number of rotatable bonds is 3. The number of alkyl halides is 3. The first-order chi connectivity index (χ1) is 10.9. The second-order valence-electron chi connectivity index (χ2n) is 5.87. The van der Waals surface area contributed by atoms with Gasteiger partial charge in [0, 0.05) is 13.5 Å². The fraction of sp³-hybridized carbons (Fsp3) is 0.538. The van der Waals surface area contributed by atoms with Crippen molar-refractivity contribution in [3.05, 3.63) is 26.4 Å². The number of carbonyl (C=O) groups excluding carboxylic acids is 2.